The number of rotatable bonds is 0. The summed E-state index contributed by atoms with van der Waals surface area (Å²) in [5, 5.41) is 0. The molecule has 1 radical (unpaired) electrons. The first kappa shape index (κ1) is 31.0. The van der Waals surface area contributed by atoms with Crippen LogP contribution in [-0.2, 0) is 39.0 Å². The van der Waals surface area contributed by atoms with Crippen molar-refractivity contribution in [2.24, 2.45) is 0 Å². The second-order valence-electron chi connectivity index (χ2n) is 8.95. The fourth-order valence-electron chi connectivity index (χ4n) is 4.68. The third-order valence-corrected chi connectivity index (χ3v) is 6.45. The molecule has 0 saturated carbocycles. The molecule has 0 heterocycles. The van der Waals surface area contributed by atoms with Crippen LogP contribution in [-0.4, -0.2) is 11.0 Å². The summed E-state index contributed by atoms with van der Waals surface area (Å²) >= 11 is 0. The minimum Gasteiger partial charge on any atom is -0.184 e. The van der Waals surface area contributed by atoms with Crippen molar-refractivity contribution in [2.45, 2.75) is 12.8 Å². The second-order valence-corrected chi connectivity index (χ2v) is 8.95. The van der Waals surface area contributed by atoms with Gasteiger partial charge >= 0.3 is 26.2 Å². The molecule has 0 atom stereocenters. The fraction of sp³-hybridized carbons (Fsp3) is 0.0526. The largest absolute Gasteiger partial charge is 4.00 e. The summed E-state index contributed by atoms with van der Waals surface area (Å²) in [5.41, 5.74) is 11.0. The molecule has 0 saturated heterocycles. The Morgan fingerprint density at radius 2 is 0.750 bits per heavy atom. The Bertz CT molecular complexity index is 1300. The van der Waals surface area contributed by atoms with E-state index in [0.717, 1.165) is 12.8 Å². The van der Waals surface area contributed by atoms with Gasteiger partial charge in [-0.05, 0) is 23.8 Å². The third kappa shape index (κ3) is 8.21. The molecule has 0 nitrogen and oxygen atoms in total. The van der Waals surface area contributed by atoms with Crippen molar-refractivity contribution in [3.05, 3.63) is 192 Å². The second kappa shape index (κ2) is 16.5. The molecule has 0 spiro atoms. The van der Waals surface area contributed by atoms with E-state index in [1.54, 1.807) is 0 Å². The normalized spacial score (nSPS) is 10.4. The van der Waals surface area contributed by atoms with Crippen molar-refractivity contribution >= 4 is 11.0 Å². The maximum atomic E-state index is 3.30. The van der Waals surface area contributed by atoms with Crippen LogP contribution in [0, 0.1) is 24.3 Å². The summed E-state index contributed by atoms with van der Waals surface area (Å²) in [6.07, 6.45) is 2.10. The van der Waals surface area contributed by atoms with Gasteiger partial charge < -0.3 is 0 Å². The van der Waals surface area contributed by atoms with Crippen molar-refractivity contribution in [3.63, 3.8) is 0 Å². The van der Waals surface area contributed by atoms with Crippen molar-refractivity contribution in [1.82, 2.24) is 0 Å². The Kier molecular flexibility index (Phi) is 12.8. The van der Waals surface area contributed by atoms with E-state index in [1.807, 2.05) is 72.8 Å². The predicted octanol–water partition coefficient (Wildman–Crippen LogP) is 7.90. The smallest absolute Gasteiger partial charge is 0.184 e. The molecule has 2 aliphatic rings. The third-order valence-electron chi connectivity index (χ3n) is 6.45. The van der Waals surface area contributed by atoms with Crippen LogP contribution in [0.25, 0.3) is 22.3 Å². The first-order valence-electron chi connectivity index (χ1n) is 12.9. The number of benzene rings is 6. The van der Waals surface area contributed by atoms with Crippen molar-refractivity contribution in [3.8, 4) is 22.3 Å². The molecule has 8 rings (SSSR count). The topological polar surface area (TPSA) is 0 Å². The molecule has 0 aromatic heterocycles. The fourth-order valence-corrected chi connectivity index (χ4v) is 4.68. The van der Waals surface area contributed by atoms with Gasteiger partial charge in [0.05, 0.1) is 0 Å². The van der Waals surface area contributed by atoms with E-state index in [1.165, 1.54) is 44.5 Å². The molecule has 2 heteroatoms. The van der Waals surface area contributed by atoms with Crippen LogP contribution in [0.15, 0.2) is 146 Å². The summed E-state index contributed by atoms with van der Waals surface area (Å²) < 4.78 is 0. The van der Waals surface area contributed by atoms with Gasteiger partial charge in [0.1, 0.15) is 0 Å². The number of fused-ring (bicyclic) bond motifs is 6. The SMILES string of the molecule is [SiH3].[Zr+4].[c-]1cccc2c1Cc1ccccc1-2.[c-]1cccc2c1Cc1ccccc1-2.[c-]1ccccc1.[c-]1ccccc1. The maximum Gasteiger partial charge on any atom is 4.00 e. The van der Waals surface area contributed by atoms with Crippen molar-refractivity contribution < 1.29 is 26.2 Å². The molecular weight excluding hydrogens is 576 g/mol. The van der Waals surface area contributed by atoms with Gasteiger partial charge in [0.15, 0.2) is 0 Å². The van der Waals surface area contributed by atoms with Crippen LogP contribution in [0.2, 0.25) is 0 Å². The van der Waals surface area contributed by atoms with Crippen LogP contribution in [0.3, 0.4) is 0 Å². The quantitative estimate of drug-likeness (QED) is 0.122. The number of hydrogen-bond donors (Lipinski definition) is 0. The maximum absolute atomic E-state index is 3.30. The Morgan fingerprint density at radius 1 is 0.375 bits per heavy atom. The molecule has 0 aliphatic heterocycles. The Hall–Kier alpha value is -3.58. The summed E-state index contributed by atoms with van der Waals surface area (Å²) in [6.45, 7) is 0. The van der Waals surface area contributed by atoms with Crippen molar-refractivity contribution in [1.29, 1.82) is 0 Å². The van der Waals surface area contributed by atoms with Gasteiger partial charge in [0.25, 0.3) is 0 Å². The first-order chi connectivity index (χ1) is 18.9. The zero-order chi connectivity index (χ0) is 25.8. The summed E-state index contributed by atoms with van der Waals surface area (Å²) in [4.78, 5) is 0. The Balaban J connectivity index is 0.000000154. The molecule has 0 unspecified atom stereocenters. The van der Waals surface area contributed by atoms with Gasteiger partial charge in [-0.3, -0.25) is 0 Å². The molecule has 2 aliphatic carbocycles. The van der Waals surface area contributed by atoms with Gasteiger partial charge in [-0.15, -0.1) is 11.1 Å². The van der Waals surface area contributed by atoms with E-state index in [4.69, 9.17) is 0 Å². The van der Waals surface area contributed by atoms with Gasteiger partial charge in [0.2, 0.25) is 0 Å². The molecule has 0 bridgehead atoms. The molecule has 6 aromatic rings. The minimum atomic E-state index is 0. The van der Waals surface area contributed by atoms with Crippen LogP contribution < -0.4 is 0 Å². The molecule has 40 heavy (non-hydrogen) atoms. The van der Waals surface area contributed by atoms with Crippen molar-refractivity contribution in [2.75, 3.05) is 0 Å². The molecular formula is C38H31SiZr. The van der Waals surface area contributed by atoms with Gasteiger partial charge in [-0.1, -0.05) is 70.8 Å². The zero-order valence-electron chi connectivity index (χ0n) is 22.8. The summed E-state index contributed by atoms with van der Waals surface area (Å²) in [6, 6.07) is 61.2. The van der Waals surface area contributed by atoms with Crippen LogP contribution >= 0.6 is 0 Å². The predicted molar refractivity (Wildman–Crippen MR) is 168 cm³/mol. The molecule has 6 aromatic carbocycles. The monoisotopic (exact) mass is 605 g/mol. The van der Waals surface area contributed by atoms with E-state index in [9.17, 15) is 0 Å². The van der Waals surface area contributed by atoms with Crippen LogP contribution in [0.5, 0.6) is 0 Å². The van der Waals surface area contributed by atoms with E-state index < -0.39 is 0 Å². The Labute approximate surface area is 262 Å². The average molecular weight is 607 g/mol. The van der Waals surface area contributed by atoms with E-state index >= 15 is 0 Å². The first-order valence-corrected chi connectivity index (χ1v) is 12.9. The van der Waals surface area contributed by atoms with E-state index in [-0.39, 0.29) is 37.2 Å². The molecule has 0 N–H and O–H groups in total. The minimum absolute atomic E-state index is 0. The average Bonchev–Trinajstić information content (AvgIpc) is 3.59. The van der Waals surface area contributed by atoms with Crippen LogP contribution in [0.1, 0.15) is 22.3 Å². The van der Waals surface area contributed by atoms with Crippen LogP contribution in [0.4, 0.5) is 0 Å². The summed E-state index contributed by atoms with van der Waals surface area (Å²) in [5.74, 6) is 0. The van der Waals surface area contributed by atoms with Gasteiger partial charge in [0, 0.05) is 0 Å². The Morgan fingerprint density at radius 3 is 1.10 bits per heavy atom. The van der Waals surface area contributed by atoms with E-state index in [2.05, 4.69) is 97.1 Å². The molecule has 191 valence electrons. The van der Waals surface area contributed by atoms with E-state index in [0.29, 0.717) is 0 Å². The molecule has 0 fully saturated rings. The summed E-state index contributed by atoms with van der Waals surface area (Å²) in [7, 11) is 0. The zero-order valence-corrected chi connectivity index (χ0v) is 27.2. The molecule has 0 amide bonds. The number of hydrogen-bond acceptors (Lipinski definition) is 0. The van der Waals surface area contributed by atoms with Gasteiger partial charge in [-0.2, -0.15) is 132 Å². The standard InChI is InChI=1S/2C13H9.2C6H5.H3Si.Zr/c2*1-3-7-12-10(5-1)9-11-6-2-4-8-13(11)12;2*1-2-4-6-5-3-1;;/h2*1-5,7-8H,9H2;2*1-5H;1H3;/q4*-1;;+4. The van der Waals surface area contributed by atoms with Gasteiger partial charge in [-0.25, -0.2) is 0 Å².